The van der Waals surface area contributed by atoms with Gasteiger partial charge in [-0.05, 0) is 6.42 Å². The number of carbonyl (C=O) groups is 2. The SMILES string of the molecule is CCCCCCCCCCCCCC(=O)NCC(=O)OC. The monoisotopic (exact) mass is 299 g/mol. The fourth-order valence-corrected chi connectivity index (χ4v) is 2.28. The van der Waals surface area contributed by atoms with Gasteiger partial charge >= 0.3 is 5.97 Å². The van der Waals surface area contributed by atoms with Crippen molar-refractivity contribution >= 4 is 11.9 Å². The summed E-state index contributed by atoms with van der Waals surface area (Å²) in [5.74, 6) is -0.460. The van der Waals surface area contributed by atoms with Crippen LogP contribution in [0.15, 0.2) is 0 Å². The molecule has 124 valence electrons. The Morgan fingerprint density at radius 1 is 0.810 bits per heavy atom. The Bertz CT molecular complexity index is 267. The Hall–Kier alpha value is -1.06. The third-order valence-electron chi connectivity index (χ3n) is 3.66. The lowest BCUT2D eigenvalue weighted by molar-refractivity contribution is -0.141. The molecule has 0 heterocycles. The Balaban J connectivity index is 3.18. The minimum atomic E-state index is -0.401. The average molecular weight is 299 g/mol. The Kier molecular flexibility index (Phi) is 14.6. The van der Waals surface area contributed by atoms with E-state index in [1.807, 2.05) is 0 Å². The lowest BCUT2D eigenvalue weighted by Gasteiger charge is -2.04. The van der Waals surface area contributed by atoms with Gasteiger partial charge in [0.15, 0.2) is 0 Å². The number of unbranched alkanes of at least 4 members (excludes halogenated alkanes) is 10. The molecule has 0 rings (SSSR count). The van der Waals surface area contributed by atoms with Crippen molar-refractivity contribution in [3.63, 3.8) is 0 Å². The molecule has 4 heteroatoms. The van der Waals surface area contributed by atoms with Crippen molar-refractivity contribution in [2.24, 2.45) is 0 Å². The van der Waals surface area contributed by atoms with Crippen molar-refractivity contribution in [2.45, 2.75) is 84.0 Å². The molecule has 1 amide bonds. The van der Waals surface area contributed by atoms with Crippen LogP contribution in [0, 0.1) is 0 Å². The summed E-state index contributed by atoms with van der Waals surface area (Å²) in [6, 6.07) is 0. The van der Waals surface area contributed by atoms with Gasteiger partial charge in [-0.25, -0.2) is 0 Å². The second kappa shape index (κ2) is 15.3. The topological polar surface area (TPSA) is 55.4 Å². The van der Waals surface area contributed by atoms with Crippen LogP contribution in [0.1, 0.15) is 84.0 Å². The summed E-state index contributed by atoms with van der Waals surface area (Å²) < 4.78 is 4.46. The third-order valence-corrected chi connectivity index (χ3v) is 3.66. The normalized spacial score (nSPS) is 10.4. The third kappa shape index (κ3) is 15.2. The lowest BCUT2D eigenvalue weighted by Crippen LogP contribution is -2.29. The molecule has 0 saturated carbocycles. The molecular weight excluding hydrogens is 266 g/mol. The fourth-order valence-electron chi connectivity index (χ4n) is 2.28. The van der Waals surface area contributed by atoms with Gasteiger partial charge < -0.3 is 10.1 Å². The van der Waals surface area contributed by atoms with Crippen LogP contribution in [0.4, 0.5) is 0 Å². The molecule has 0 aliphatic rings. The first-order valence-corrected chi connectivity index (χ1v) is 8.54. The molecule has 0 saturated heterocycles. The van der Waals surface area contributed by atoms with Crippen LogP contribution >= 0.6 is 0 Å². The molecular formula is C17H33NO3. The number of hydrogen-bond acceptors (Lipinski definition) is 3. The number of amides is 1. The molecule has 1 N–H and O–H groups in total. The number of rotatable bonds is 14. The number of carbonyl (C=O) groups excluding carboxylic acids is 2. The summed E-state index contributed by atoms with van der Waals surface area (Å²) in [5.41, 5.74) is 0. The van der Waals surface area contributed by atoms with Crippen LogP contribution in [0.2, 0.25) is 0 Å². The van der Waals surface area contributed by atoms with Crippen molar-refractivity contribution in [3.05, 3.63) is 0 Å². The van der Waals surface area contributed by atoms with Gasteiger partial charge in [0.2, 0.25) is 5.91 Å². The molecule has 0 aromatic carbocycles. The van der Waals surface area contributed by atoms with E-state index in [1.54, 1.807) is 0 Å². The van der Waals surface area contributed by atoms with E-state index in [4.69, 9.17) is 0 Å². The molecule has 0 radical (unpaired) electrons. The minimum absolute atomic E-state index is 0.0205. The van der Waals surface area contributed by atoms with Gasteiger partial charge in [0.1, 0.15) is 6.54 Å². The quantitative estimate of drug-likeness (QED) is 0.390. The van der Waals surface area contributed by atoms with E-state index in [9.17, 15) is 9.59 Å². The van der Waals surface area contributed by atoms with E-state index in [1.165, 1.54) is 64.9 Å². The van der Waals surface area contributed by atoms with Crippen molar-refractivity contribution in [1.82, 2.24) is 5.32 Å². The lowest BCUT2D eigenvalue weighted by atomic mass is 10.1. The van der Waals surface area contributed by atoms with Crippen LogP contribution in [0.3, 0.4) is 0 Å². The second-order valence-corrected chi connectivity index (χ2v) is 5.64. The van der Waals surface area contributed by atoms with E-state index < -0.39 is 5.97 Å². The summed E-state index contributed by atoms with van der Waals surface area (Å²) >= 11 is 0. The molecule has 0 aromatic heterocycles. The number of esters is 1. The predicted molar refractivity (Wildman–Crippen MR) is 86.1 cm³/mol. The van der Waals surface area contributed by atoms with E-state index in [2.05, 4.69) is 17.0 Å². The van der Waals surface area contributed by atoms with Gasteiger partial charge in [-0.15, -0.1) is 0 Å². The van der Waals surface area contributed by atoms with Crippen LogP contribution < -0.4 is 5.32 Å². The molecule has 0 aliphatic carbocycles. The van der Waals surface area contributed by atoms with Crippen molar-refractivity contribution < 1.29 is 14.3 Å². The first kappa shape index (κ1) is 19.9. The molecule has 4 nitrogen and oxygen atoms in total. The highest BCUT2D eigenvalue weighted by Gasteiger charge is 2.04. The van der Waals surface area contributed by atoms with E-state index in [-0.39, 0.29) is 12.5 Å². The summed E-state index contributed by atoms with van der Waals surface area (Å²) in [6.45, 7) is 2.23. The number of nitrogens with one attached hydrogen (secondary N) is 1. The number of methoxy groups -OCH3 is 1. The van der Waals surface area contributed by atoms with Gasteiger partial charge in [0, 0.05) is 6.42 Å². The summed E-state index contributed by atoms with van der Waals surface area (Å²) in [5, 5.41) is 2.56. The maximum Gasteiger partial charge on any atom is 0.325 e. The summed E-state index contributed by atoms with van der Waals surface area (Å²) in [7, 11) is 1.32. The van der Waals surface area contributed by atoms with E-state index >= 15 is 0 Å². The van der Waals surface area contributed by atoms with Crippen LogP contribution in [0.5, 0.6) is 0 Å². The highest BCUT2D eigenvalue weighted by Crippen LogP contribution is 2.11. The maximum atomic E-state index is 11.4. The highest BCUT2D eigenvalue weighted by molar-refractivity contribution is 5.81. The van der Waals surface area contributed by atoms with Crippen LogP contribution in [0.25, 0.3) is 0 Å². The summed E-state index contributed by atoms with van der Waals surface area (Å²) in [4.78, 5) is 22.2. The zero-order valence-electron chi connectivity index (χ0n) is 13.9. The summed E-state index contributed by atoms with van der Waals surface area (Å²) in [6.07, 6.45) is 14.5. The molecule has 0 bridgehead atoms. The zero-order valence-corrected chi connectivity index (χ0v) is 13.9. The largest absolute Gasteiger partial charge is 0.468 e. The Morgan fingerprint density at radius 2 is 1.29 bits per heavy atom. The van der Waals surface area contributed by atoms with E-state index in [0.29, 0.717) is 6.42 Å². The molecule has 0 atom stereocenters. The van der Waals surface area contributed by atoms with Crippen LogP contribution in [-0.4, -0.2) is 25.5 Å². The first-order valence-electron chi connectivity index (χ1n) is 8.54. The first-order chi connectivity index (χ1) is 10.2. The smallest absolute Gasteiger partial charge is 0.325 e. The van der Waals surface area contributed by atoms with Crippen molar-refractivity contribution in [3.8, 4) is 0 Å². The van der Waals surface area contributed by atoms with Gasteiger partial charge in [0.25, 0.3) is 0 Å². The number of hydrogen-bond donors (Lipinski definition) is 1. The van der Waals surface area contributed by atoms with Gasteiger partial charge in [-0.1, -0.05) is 71.1 Å². The average Bonchev–Trinajstić information content (AvgIpc) is 2.50. The molecule has 0 aromatic rings. The maximum absolute atomic E-state index is 11.4. The second-order valence-electron chi connectivity index (χ2n) is 5.64. The molecule has 0 unspecified atom stereocenters. The Labute approximate surface area is 130 Å². The molecule has 0 aliphatic heterocycles. The van der Waals surface area contributed by atoms with Crippen molar-refractivity contribution in [1.29, 1.82) is 0 Å². The predicted octanol–water partition coefficient (Wildman–Crippen LogP) is 3.98. The Morgan fingerprint density at radius 3 is 1.76 bits per heavy atom. The highest BCUT2D eigenvalue weighted by atomic mass is 16.5. The van der Waals surface area contributed by atoms with Gasteiger partial charge in [-0.2, -0.15) is 0 Å². The number of ether oxygens (including phenoxy) is 1. The molecule has 0 spiro atoms. The van der Waals surface area contributed by atoms with E-state index in [0.717, 1.165) is 12.8 Å². The standard InChI is InChI=1S/C17H33NO3/c1-3-4-5-6-7-8-9-10-11-12-13-14-16(19)18-15-17(20)21-2/h3-15H2,1-2H3,(H,18,19). The van der Waals surface area contributed by atoms with Gasteiger partial charge in [-0.3, -0.25) is 9.59 Å². The molecule has 21 heavy (non-hydrogen) atoms. The zero-order chi connectivity index (χ0) is 15.8. The molecule has 0 fully saturated rings. The minimum Gasteiger partial charge on any atom is -0.468 e. The van der Waals surface area contributed by atoms with Gasteiger partial charge in [0.05, 0.1) is 7.11 Å². The fraction of sp³-hybridized carbons (Fsp3) is 0.882. The van der Waals surface area contributed by atoms with Crippen molar-refractivity contribution in [2.75, 3.05) is 13.7 Å². The van der Waals surface area contributed by atoms with Crippen LogP contribution in [-0.2, 0) is 14.3 Å².